The van der Waals surface area contributed by atoms with Gasteiger partial charge in [-0.3, -0.25) is 0 Å². The van der Waals surface area contributed by atoms with E-state index in [2.05, 4.69) is 10.2 Å². The zero-order valence-corrected chi connectivity index (χ0v) is 14.3. The Kier molecular flexibility index (Phi) is 10.7. The van der Waals surface area contributed by atoms with Crippen molar-refractivity contribution in [2.75, 3.05) is 33.3 Å². The first-order valence-electron chi connectivity index (χ1n) is 7.16. The molecule has 2 rings (SSSR count). The van der Waals surface area contributed by atoms with Gasteiger partial charge in [0.1, 0.15) is 5.75 Å². The lowest BCUT2D eigenvalue weighted by molar-refractivity contribution is 0.185. The van der Waals surface area contributed by atoms with E-state index in [0.717, 1.165) is 38.2 Å². The topological polar surface area (TPSA) is 24.5 Å². The highest BCUT2D eigenvalue weighted by molar-refractivity contribution is 5.85. The minimum Gasteiger partial charge on any atom is -0.493 e. The number of piperidine rings is 1. The van der Waals surface area contributed by atoms with Crippen LogP contribution in [-0.4, -0.2) is 44.2 Å². The van der Waals surface area contributed by atoms with Crippen LogP contribution in [0.1, 0.15) is 19.3 Å². The van der Waals surface area contributed by atoms with Gasteiger partial charge in [0.15, 0.2) is 11.6 Å². The summed E-state index contributed by atoms with van der Waals surface area (Å²) in [5.74, 6) is -1.32. The van der Waals surface area contributed by atoms with Crippen molar-refractivity contribution < 1.29 is 13.5 Å². The highest BCUT2D eigenvalue weighted by atomic mass is 35.5. The molecule has 1 aromatic rings. The Labute approximate surface area is 143 Å². The van der Waals surface area contributed by atoms with E-state index in [9.17, 15) is 8.78 Å². The number of nitrogens with zero attached hydrogens (tertiary/aromatic N) is 1. The van der Waals surface area contributed by atoms with Gasteiger partial charge < -0.3 is 15.0 Å². The van der Waals surface area contributed by atoms with Crippen LogP contribution < -0.4 is 10.1 Å². The zero-order valence-electron chi connectivity index (χ0n) is 12.7. The number of halogens is 4. The van der Waals surface area contributed by atoms with Crippen molar-refractivity contribution in [3.8, 4) is 5.75 Å². The molecule has 1 aromatic carbocycles. The number of rotatable bonds is 6. The van der Waals surface area contributed by atoms with E-state index in [-0.39, 0.29) is 24.8 Å². The first-order valence-corrected chi connectivity index (χ1v) is 7.16. The second-order valence-corrected chi connectivity index (χ2v) is 5.18. The normalized spacial score (nSPS) is 15.8. The lowest BCUT2D eigenvalue weighted by atomic mass is 10.1. The molecule has 0 radical (unpaired) electrons. The fraction of sp³-hybridized carbons (Fsp3) is 0.600. The summed E-state index contributed by atoms with van der Waals surface area (Å²) < 4.78 is 31.2. The van der Waals surface area contributed by atoms with E-state index in [1.165, 1.54) is 18.9 Å². The Morgan fingerprint density at radius 1 is 1.18 bits per heavy atom. The highest BCUT2D eigenvalue weighted by Crippen LogP contribution is 2.16. The number of likely N-dealkylation sites (tertiary alicyclic amines) is 1. The predicted octanol–water partition coefficient (Wildman–Crippen LogP) is 3.26. The van der Waals surface area contributed by atoms with Crippen molar-refractivity contribution in [1.82, 2.24) is 10.2 Å². The lowest BCUT2D eigenvalue weighted by Gasteiger charge is -2.31. The molecule has 0 aliphatic carbocycles. The maximum Gasteiger partial charge on any atom is 0.162 e. The minimum atomic E-state index is -0.864. The van der Waals surface area contributed by atoms with E-state index >= 15 is 0 Å². The third-order valence-corrected chi connectivity index (χ3v) is 3.77. The minimum absolute atomic E-state index is 0. The van der Waals surface area contributed by atoms with Crippen LogP contribution in [0.25, 0.3) is 0 Å². The van der Waals surface area contributed by atoms with Gasteiger partial charge in [0.25, 0.3) is 0 Å². The molecule has 0 spiro atoms. The van der Waals surface area contributed by atoms with Gasteiger partial charge in [-0.05, 0) is 51.5 Å². The van der Waals surface area contributed by atoms with Gasteiger partial charge in [0.05, 0.1) is 6.61 Å². The van der Waals surface area contributed by atoms with Crippen molar-refractivity contribution in [2.45, 2.75) is 25.3 Å². The third-order valence-electron chi connectivity index (χ3n) is 3.77. The summed E-state index contributed by atoms with van der Waals surface area (Å²) in [6, 6.07) is 4.28. The van der Waals surface area contributed by atoms with Crippen LogP contribution in [0.15, 0.2) is 18.2 Å². The van der Waals surface area contributed by atoms with Gasteiger partial charge in [-0.2, -0.15) is 0 Å². The first-order chi connectivity index (χ1) is 9.69. The van der Waals surface area contributed by atoms with Gasteiger partial charge in [-0.1, -0.05) is 0 Å². The molecule has 0 saturated carbocycles. The van der Waals surface area contributed by atoms with Gasteiger partial charge in [0.2, 0.25) is 0 Å². The average Bonchev–Trinajstić information content (AvgIpc) is 2.48. The maximum absolute atomic E-state index is 13.0. The van der Waals surface area contributed by atoms with Crippen molar-refractivity contribution in [2.24, 2.45) is 0 Å². The highest BCUT2D eigenvalue weighted by Gasteiger charge is 2.16. The second kappa shape index (κ2) is 11.0. The number of ether oxygens (including phenoxy) is 1. The molecule has 128 valence electrons. The first kappa shape index (κ1) is 21.4. The smallest absolute Gasteiger partial charge is 0.162 e. The molecule has 0 amide bonds. The lowest BCUT2D eigenvalue weighted by Crippen LogP contribution is -2.41. The molecule has 1 fully saturated rings. The molecule has 0 aromatic heterocycles. The Morgan fingerprint density at radius 2 is 1.86 bits per heavy atom. The average molecular weight is 357 g/mol. The summed E-state index contributed by atoms with van der Waals surface area (Å²) in [7, 11) is 2.01. The molecule has 1 N–H and O–H groups in total. The van der Waals surface area contributed by atoms with Crippen molar-refractivity contribution in [3.05, 3.63) is 29.8 Å². The quantitative estimate of drug-likeness (QED) is 0.791. The van der Waals surface area contributed by atoms with Crippen LogP contribution in [0.5, 0.6) is 5.75 Å². The summed E-state index contributed by atoms with van der Waals surface area (Å²) in [6.45, 7) is 3.73. The number of nitrogens with one attached hydrogen (secondary N) is 1. The molecule has 1 heterocycles. The Hall–Kier alpha value is -0.620. The summed E-state index contributed by atoms with van der Waals surface area (Å²) in [5.41, 5.74) is 0. The van der Waals surface area contributed by atoms with E-state index in [0.29, 0.717) is 18.4 Å². The maximum atomic E-state index is 13.0. The molecule has 7 heteroatoms. The second-order valence-electron chi connectivity index (χ2n) is 5.18. The monoisotopic (exact) mass is 356 g/mol. The molecule has 0 bridgehead atoms. The van der Waals surface area contributed by atoms with Gasteiger partial charge in [-0.15, -0.1) is 24.8 Å². The van der Waals surface area contributed by atoms with Crippen LogP contribution in [0.3, 0.4) is 0 Å². The number of benzene rings is 1. The molecule has 0 unspecified atom stereocenters. The van der Waals surface area contributed by atoms with E-state index in [1.54, 1.807) is 0 Å². The molecule has 3 nitrogen and oxygen atoms in total. The molecule has 0 atom stereocenters. The predicted molar refractivity (Wildman–Crippen MR) is 89.5 cm³/mol. The van der Waals surface area contributed by atoms with Gasteiger partial charge in [-0.25, -0.2) is 8.78 Å². The van der Waals surface area contributed by atoms with Gasteiger partial charge in [0, 0.05) is 18.7 Å². The third kappa shape index (κ3) is 6.65. The fourth-order valence-electron chi connectivity index (χ4n) is 2.49. The van der Waals surface area contributed by atoms with Crippen molar-refractivity contribution >= 4 is 24.8 Å². The molecule has 22 heavy (non-hydrogen) atoms. The number of hydrogen-bond donors (Lipinski definition) is 1. The largest absolute Gasteiger partial charge is 0.493 e. The van der Waals surface area contributed by atoms with Crippen LogP contribution in [0.4, 0.5) is 8.78 Å². The van der Waals surface area contributed by atoms with E-state index in [1.807, 2.05) is 7.05 Å². The van der Waals surface area contributed by atoms with E-state index in [4.69, 9.17) is 4.74 Å². The molecular formula is C15H24Cl2F2N2O. The summed E-state index contributed by atoms with van der Waals surface area (Å²) in [4.78, 5) is 2.42. The Morgan fingerprint density at radius 3 is 2.45 bits per heavy atom. The van der Waals surface area contributed by atoms with Crippen LogP contribution in [0, 0.1) is 11.6 Å². The van der Waals surface area contributed by atoms with Gasteiger partial charge >= 0.3 is 0 Å². The van der Waals surface area contributed by atoms with Crippen LogP contribution in [-0.2, 0) is 0 Å². The molecule has 1 aliphatic rings. The van der Waals surface area contributed by atoms with Crippen molar-refractivity contribution in [3.63, 3.8) is 0 Å². The summed E-state index contributed by atoms with van der Waals surface area (Å²) >= 11 is 0. The molecule has 1 saturated heterocycles. The fourth-order valence-corrected chi connectivity index (χ4v) is 2.49. The summed E-state index contributed by atoms with van der Waals surface area (Å²) in [6.07, 6.45) is 3.25. The van der Waals surface area contributed by atoms with Crippen LogP contribution in [0.2, 0.25) is 0 Å². The standard InChI is InChI=1S/C15H22F2N2O.2ClH/c1-18-12-5-8-19(9-6-12)7-2-10-20-13-3-4-14(16)15(17)11-13;;/h3-4,11-12,18H,2,5-10H2,1H3;2*1H. The number of hydrogen-bond acceptors (Lipinski definition) is 3. The Bertz CT molecular complexity index is 430. The summed E-state index contributed by atoms with van der Waals surface area (Å²) in [5, 5.41) is 3.31. The van der Waals surface area contributed by atoms with Crippen molar-refractivity contribution in [1.29, 1.82) is 0 Å². The van der Waals surface area contributed by atoms with E-state index < -0.39 is 11.6 Å². The Balaban J connectivity index is 0.00000220. The molecule has 1 aliphatic heterocycles. The molecular weight excluding hydrogens is 333 g/mol. The zero-order chi connectivity index (χ0) is 14.4. The van der Waals surface area contributed by atoms with Crippen LogP contribution >= 0.6 is 24.8 Å². The SMILES string of the molecule is CNC1CCN(CCCOc2ccc(F)c(F)c2)CC1.Cl.Cl.